The monoisotopic (exact) mass is 308 g/mol. The quantitative estimate of drug-likeness (QED) is 0.874. The van der Waals surface area contributed by atoms with Crippen LogP contribution in [0.5, 0.6) is 0 Å². The van der Waals surface area contributed by atoms with Gasteiger partial charge in [-0.05, 0) is 43.7 Å². The molecular formula is C18H20N4O. The summed E-state index contributed by atoms with van der Waals surface area (Å²) in [7, 11) is 5.51. The van der Waals surface area contributed by atoms with Crippen LogP contribution in [0.15, 0.2) is 29.2 Å². The van der Waals surface area contributed by atoms with E-state index < -0.39 is 0 Å². The van der Waals surface area contributed by atoms with Crippen molar-refractivity contribution in [3.63, 3.8) is 0 Å². The van der Waals surface area contributed by atoms with Crippen LogP contribution in [0.25, 0.3) is 17.2 Å². The zero-order valence-electron chi connectivity index (χ0n) is 14.1. The molecule has 2 aromatic rings. The molecule has 0 aromatic carbocycles. The lowest BCUT2D eigenvalue weighted by Gasteiger charge is -2.14. The third-order valence-corrected chi connectivity index (χ3v) is 3.50. The molecule has 0 aliphatic heterocycles. The van der Waals surface area contributed by atoms with Crippen LogP contribution in [0.2, 0.25) is 0 Å². The van der Waals surface area contributed by atoms with Gasteiger partial charge in [0, 0.05) is 44.3 Å². The maximum absolute atomic E-state index is 12.3. The van der Waals surface area contributed by atoms with Crippen molar-refractivity contribution in [2.75, 3.05) is 14.1 Å². The van der Waals surface area contributed by atoms with Crippen molar-refractivity contribution in [3.8, 4) is 17.2 Å². The van der Waals surface area contributed by atoms with Crippen LogP contribution in [-0.4, -0.2) is 28.5 Å². The topological polar surface area (TPSA) is 61.9 Å². The number of nitrogens with zero attached hydrogens (tertiary/aromatic N) is 4. The lowest BCUT2D eigenvalue weighted by Crippen LogP contribution is -2.22. The first-order valence-electron chi connectivity index (χ1n) is 7.28. The third-order valence-electron chi connectivity index (χ3n) is 3.50. The molecule has 0 saturated heterocycles. The summed E-state index contributed by atoms with van der Waals surface area (Å²) >= 11 is 0. The number of aromatic nitrogens is 2. The van der Waals surface area contributed by atoms with E-state index in [-0.39, 0.29) is 11.1 Å². The zero-order chi connectivity index (χ0) is 17.1. The van der Waals surface area contributed by atoms with Crippen molar-refractivity contribution in [3.05, 3.63) is 57.4 Å². The molecule has 5 nitrogen and oxygen atoms in total. The molecule has 2 aromatic heterocycles. The Balaban J connectivity index is 2.82. The summed E-state index contributed by atoms with van der Waals surface area (Å²) in [5.74, 6) is 0. The van der Waals surface area contributed by atoms with Crippen molar-refractivity contribution >= 4 is 6.08 Å². The number of hydrogen-bond donors (Lipinski definition) is 0. The van der Waals surface area contributed by atoms with E-state index in [1.165, 1.54) is 4.57 Å². The van der Waals surface area contributed by atoms with Gasteiger partial charge in [0.25, 0.3) is 5.56 Å². The summed E-state index contributed by atoms with van der Waals surface area (Å²) in [6.07, 6.45) is 3.76. The van der Waals surface area contributed by atoms with Gasteiger partial charge in [-0.2, -0.15) is 5.26 Å². The van der Waals surface area contributed by atoms with Crippen LogP contribution in [0, 0.1) is 25.2 Å². The van der Waals surface area contributed by atoms with Crippen LogP contribution >= 0.6 is 0 Å². The maximum Gasteiger partial charge on any atom is 0.268 e. The molecule has 0 N–H and O–H groups in total. The fourth-order valence-corrected chi connectivity index (χ4v) is 2.47. The summed E-state index contributed by atoms with van der Waals surface area (Å²) in [6, 6.07) is 7.56. The molecule has 2 heterocycles. The van der Waals surface area contributed by atoms with Crippen molar-refractivity contribution in [2.24, 2.45) is 7.05 Å². The first-order chi connectivity index (χ1) is 10.8. The Morgan fingerprint density at radius 2 is 1.83 bits per heavy atom. The Hall–Kier alpha value is -2.87. The van der Waals surface area contributed by atoms with E-state index in [4.69, 9.17) is 0 Å². The molecule has 118 valence electrons. The minimum Gasteiger partial charge on any atom is -0.383 e. The predicted octanol–water partition coefficient (Wildman–Crippen LogP) is 2.47. The Kier molecular flexibility index (Phi) is 4.65. The fraction of sp³-hybridized carbons (Fsp3) is 0.278. The van der Waals surface area contributed by atoms with E-state index in [1.807, 2.05) is 63.3 Å². The van der Waals surface area contributed by atoms with Gasteiger partial charge in [-0.25, -0.2) is 0 Å². The number of pyridine rings is 2. The highest BCUT2D eigenvalue weighted by Gasteiger charge is 2.13. The van der Waals surface area contributed by atoms with Gasteiger partial charge < -0.3 is 9.47 Å². The summed E-state index contributed by atoms with van der Waals surface area (Å²) in [5, 5.41) is 9.23. The number of rotatable bonds is 3. The van der Waals surface area contributed by atoms with Gasteiger partial charge >= 0.3 is 0 Å². The lowest BCUT2D eigenvalue weighted by molar-refractivity contribution is 0.567. The van der Waals surface area contributed by atoms with Crippen LogP contribution in [-0.2, 0) is 7.05 Å². The van der Waals surface area contributed by atoms with Gasteiger partial charge in [0.15, 0.2) is 0 Å². The highest BCUT2D eigenvalue weighted by atomic mass is 16.1. The number of hydrogen-bond acceptors (Lipinski definition) is 4. The molecular weight excluding hydrogens is 288 g/mol. The molecule has 0 saturated carbocycles. The zero-order valence-corrected chi connectivity index (χ0v) is 14.1. The van der Waals surface area contributed by atoms with E-state index in [9.17, 15) is 10.1 Å². The van der Waals surface area contributed by atoms with Crippen LogP contribution < -0.4 is 5.56 Å². The molecule has 0 bridgehead atoms. The van der Waals surface area contributed by atoms with Crippen molar-refractivity contribution in [2.45, 2.75) is 13.8 Å². The highest BCUT2D eigenvalue weighted by Crippen LogP contribution is 2.25. The standard InChI is InChI=1S/C18H20N4O/c1-12-8-14(9-13(2)20-12)16-10-15(11-19)18(23)22(5)17(16)6-7-21(3)4/h6-10H,1-5H3. The van der Waals surface area contributed by atoms with Crippen LogP contribution in [0.4, 0.5) is 0 Å². The van der Waals surface area contributed by atoms with E-state index in [0.717, 1.165) is 28.2 Å². The van der Waals surface area contributed by atoms with Crippen molar-refractivity contribution in [1.29, 1.82) is 5.26 Å². The maximum atomic E-state index is 12.3. The summed E-state index contributed by atoms with van der Waals surface area (Å²) in [5.41, 5.74) is 4.18. The molecule has 0 aliphatic rings. The van der Waals surface area contributed by atoms with E-state index >= 15 is 0 Å². The van der Waals surface area contributed by atoms with Crippen molar-refractivity contribution < 1.29 is 0 Å². The van der Waals surface area contributed by atoms with Crippen LogP contribution in [0.3, 0.4) is 0 Å². The second-order valence-corrected chi connectivity index (χ2v) is 5.75. The molecule has 0 amide bonds. The summed E-state index contributed by atoms with van der Waals surface area (Å²) in [4.78, 5) is 18.5. The summed E-state index contributed by atoms with van der Waals surface area (Å²) in [6.45, 7) is 3.86. The van der Waals surface area contributed by atoms with Gasteiger partial charge in [-0.1, -0.05) is 0 Å². The normalized spacial score (nSPS) is 10.8. The van der Waals surface area contributed by atoms with Gasteiger partial charge in [-0.15, -0.1) is 0 Å². The fourth-order valence-electron chi connectivity index (χ4n) is 2.47. The molecule has 2 rings (SSSR count). The molecule has 0 spiro atoms. The van der Waals surface area contributed by atoms with Gasteiger partial charge in [0.05, 0.1) is 5.69 Å². The third kappa shape index (κ3) is 3.49. The summed E-state index contributed by atoms with van der Waals surface area (Å²) < 4.78 is 1.51. The van der Waals surface area contributed by atoms with E-state index in [1.54, 1.807) is 13.1 Å². The lowest BCUT2D eigenvalue weighted by atomic mass is 10.0. The largest absolute Gasteiger partial charge is 0.383 e. The molecule has 0 unspecified atom stereocenters. The predicted molar refractivity (Wildman–Crippen MR) is 91.8 cm³/mol. The Bertz CT molecular complexity index is 850. The van der Waals surface area contributed by atoms with Crippen LogP contribution in [0.1, 0.15) is 22.6 Å². The van der Waals surface area contributed by atoms with Crippen molar-refractivity contribution in [1.82, 2.24) is 14.5 Å². The van der Waals surface area contributed by atoms with Gasteiger partial charge in [0.1, 0.15) is 11.6 Å². The average molecular weight is 308 g/mol. The average Bonchev–Trinajstić information content (AvgIpc) is 2.47. The first kappa shape index (κ1) is 16.5. The van der Waals surface area contributed by atoms with E-state index in [2.05, 4.69) is 4.98 Å². The highest BCUT2D eigenvalue weighted by molar-refractivity contribution is 5.75. The molecule has 0 aliphatic carbocycles. The molecule has 0 atom stereocenters. The number of aryl methyl sites for hydroxylation is 2. The minimum absolute atomic E-state index is 0.136. The van der Waals surface area contributed by atoms with Gasteiger partial charge in [0.2, 0.25) is 0 Å². The molecule has 23 heavy (non-hydrogen) atoms. The smallest absolute Gasteiger partial charge is 0.268 e. The first-order valence-corrected chi connectivity index (χ1v) is 7.28. The molecule has 5 heteroatoms. The van der Waals surface area contributed by atoms with Gasteiger partial charge in [-0.3, -0.25) is 9.78 Å². The molecule has 0 radical (unpaired) electrons. The second kappa shape index (κ2) is 6.49. The SMILES string of the molecule is Cc1cc(-c2cc(C#N)c(=O)n(C)c2C=CN(C)C)cc(C)n1. The molecule has 0 fully saturated rings. The number of nitriles is 1. The minimum atomic E-state index is -0.294. The van der Waals surface area contributed by atoms with E-state index in [0.29, 0.717) is 0 Å². The Morgan fingerprint density at radius 1 is 1.22 bits per heavy atom. The Morgan fingerprint density at radius 3 is 2.35 bits per heavy atom. The second-order valence-electron chi connectivity index (χ2n) is 5.75. The Labute approximate surface area is 136 Å².